The number of nitrogens with zero attached hydrogens (tertiary/aromatic N) is 2. The molecule has 1 aromatic carbocycles. The first-order chi connectivity index (χ1) is 11.7. The van der Waals surface area contributed by atoms with E-state index in [-0.39, 0.29) is 5.91 Å². The number of hydrogen-bond donors (Lipinski definition) is 2. The van der Waals surface area contributed by atoms with Crippen molar-refractivity contribution >= 4 is 34.1 Å². The van der Waals surface area contributed by atoms with Crippen LogP contribution >= 0.6 is 11.6 Å². The van der Waals surface area contributed by atoms with E-state index in [1.807, 2.05) is 24.3 Å². The van der Waals surface area contributed by atoms with E-state index in [0.29, 0.717) is 17.1 Å². The number of hydrogen-bond acceptors (Lipinski definition) is 4. The Labute approximate surface area is 145 Å². The lowest BCUT2D eigenvalue weighted by Gasteiger charge is -2.10. The number of fused-ring (bicyclic) bond motifs is 1. The van der Waals surface area contributed by atoms with E-state index in [2.05, 4.69) is 20.6 Å². The van der Waals surface area contributed by atoms with Crippen molar-refractivity contribution in [2.24, 2.45) is 0 Å². The van der Waals surface area contributed by atoms with E-state index in [1.54, 1.807) is 30.7 Å². The molecule has 3 rings (SSSR count). The SMILES string of the molecule is O=C(NCCCNc1ccnc2cc(Cl)ccc12)c1cccnc1. The van der Waals surface area contributed by atoms with Crippen LogP contribution in [0.1, 0.15) is 16.8 Å². The maximum atomic E-state index is 11.9. The fourth-order valence-corrected chi connectivity index (χ4v) is 2.55. The van der Waals surface area contributed by atoms with Crippen LogP contribution in [0.2, 0.25) is 5.02 Å². The normalized spacial score (nSPS) is 10.5. The maximum absolute atomic E-state index is 11.9. The van der Waals surface area contributed by atoms with Gasteiger partial charge in [0.05, 0.1) is 11.1 Å². The number of amides is 1. The second kappa shape index (κ2) is 7.75. The first-order valence-corrected chi connectivity index (χ1v) is 8.08. The zero-order valence-corrected chi connectivity index (χ0v) is 13.8. The Balaban J connectivity index is 1.50. The van der Waals surface area contributed by atoms with Crippen molar-refractivity contribution in [3.63, 3.8) is 0 Å². The molecule has 2 aromatic heterocycles. The summed E-state index contributed by atoms with van der Waals surface area (Å²) in [4.78, 5) is 20.1. The van der Waals surface area contributed by atoms with Crippen molar-refractivity contribution in [1.82, 2.24) is 15.3 Å². The van der Waals surface area contributed by atoms with Crippen molar-refractivity contribution in [1.29, 1.82) is 0 Å². The molecule has 3 aromatic rings. The van der Waals surface area contributed by atoms with Crippen LogP contribution in [0.5, 0.6) is 0 Å². The van der Waals surface area contributed by atoms with Crippen LogP contribution in [0.4, 0.5) is 5.69 Å². The van der Waals surface area contributed by atoms with E-state index < -0.39 is 0 Å². The van der Waals surface area contributed by atoms with Crippen LogP contribution in [0.15, 0.2) is 55.0 Å². The third kappa shape index (κ3) is 4.00. The minimum Gasteiger partial charge on any atom is -0.384 e. The number of pyridine rings is 2. The molecule has 1 amide bonds. The highest BCUT2D eigenvalue weighted by atomic mass is 35.5. The van der Waals surface area contributed by atoms with Gasteiger partial charge in [0.15, 0.2) is 0 Å². The highest BCUT2D eigenvalue weighted by molar-refractivity contribution is 6.31. The van der Waals surface area contributed by atoms with Gasteiger partial charge < -0.3 is 10.6 Å². The zero-order chi connectivity index (χ0) is 16.8. The van der Waals surface area contributed by atoms with Gasteiger partial charge in [-0.15, -0.1) is 0 Å². The summed E-state index contributed by atoms with van der Waals surface area (Å²) in [5.74, 6) is -0.105. The minimum absolute atomic E-state index is 0.105. The lowest BCUT2D eigenvalue weighted by atomic mass is 10.2. The molecule has 24 heavy (non-hydrogen) atoms. The topological polar surface area (TPSA) is 66.9 Å². The number of halogens is 1. The second-order valence-corrected chi connectivity index (χ2v) is 5.73. The highest BCUT2D eigenvalue weighted by Gasteiger charge is 2.04. The van der Waals surface area contributed by atoms with Gasteiger partial charge in [0.25, 0.3) is 5.91 Å². The van der Waals surface area contributed by atoms with E-state index in [4.69, 9.17) is 11.6 Å². The molecule has 0 aliphatic heterocycles. The summed E-state index contributed by atoms with van der Waals surface area (Å²) in [6, 6.07) is 11.1. The fourth-order valence-electron chi connectivity index (χ4n) is 2.39. The van der Waals surface area contributed by atoms with Gasteiger partial charge in [-0.1, -0.05) is 11.6 Å². The first-order valence-electron chi connectivity index (χ1n) is 7.70. The maximum Gasteiger partial charge on any atom is 0.252 e. The molecule has 0 bridgehead atoms. The molecule has 6 heteroatoms. The molecule has 0 atom stereocenters. The first kappa shape index (κ1) is 16.2. The highest BCUT2D eigenvalue weighted by Crippen LogP contribution is 2.24. The standard InChI is InChI=1S/C18H17ClN4O/c19-14-4-5-15-16(6-10-22-17(15)11-14)21-8-2-9-23-18(24)13-3-1-7-20-12-13/h1,3-7,10-12H,2,8-9H2,(H,21,22)(H,23,24). The van der Waals surface area contributed by atoms with Crippen molar-refractivity contribution in [3.05, 3.63) is 65.6 Å². The van der Waals surface area contributed by atoms with E-state index in [0.717, 1.165) is 29.6 Å². The molecule has 0 aliphatic carbocycles. The molecule has 2 N–H and O–H groups in total. The number of anilines is 1. The van der Waals surface area contributed by atoms with Crippen LogP contribution < -0.4 is 10.6 Å². The molecular formula is C18H17ClN4O. The van der Waals surface area contributed by atoms with Crippen LogP contribution in [0.25, 0.3) is 10.9 Å². The number of aromatic nitrogens is 2. The Kier molecular flexibility index (Phi) is 5.23. The fraction of sp³-hybridized carbons (Fsp3) is 0.167. The Hall–Kier alpha value is -2.66. The van der Waals surface area contributed by atoms with Crippen LogP contribution in [0.3, 0.4) is 0 Å². The van der Waals surface area contributed by atoms with Gasteiger partial charge in [-0.05, 0) is 42.8 Å². The van der Waals surface area contributed by atoms with Crippen molar-refractivity contribution in [2.75, 3.05) is 18.4 Å². The predicted octanol–water partition coefficient (Wildman–Crippen LogP) is 3.52. The Morgan fingerprint density at radius 3 is 2.88 bits per heavy atom. The van der Waals surface area contributed by atoms with E-state index in [1.165, 1.54) is 0 Å². The lowest BCUT2D eigenvalue weighted by molar-refractivity contribution is 0.0953. The number of rotatable bonds is 6. The van der Waals surface area contributed by atoms with Gasteiger partial charge >= 0.3 is 0 Å². The molecular weight excluding hydrogens is 324 g/mol. The smallest absolute Gasteiger partial charge is 0.252 e. The molecule has 122 valence electrons. The molecule has 0 aliphatic rings. The molecule has 0 radical (unpaired) electrons. The number of nitrogens with one attached hydrogen (secondary N) is 2. The third-order valence-corrected chi connectivity index (χ3v) is 3.82. The molecule has 0 unspecified atom stereocenters. The summed E-state index contributed by atoms with van der Waals surface area (Å²) >= 11 is 5.99. The van der Waals surface area contributed by atoms with E-state index in [9.17, 15) is 4.79 Å². The molecule has 0 saturated carbocycles. The monoisotopic (exact) mass is 340 g/mol. The Morgan fingerprint density at radius 1 is 1.12 bits per heavy atom. The summed E-state index contributed by atoms with van der Waals surface area (Å²) in [6.45, 7) is 1.34. The van der Waals surface area contributed by atoms with Crippen LogP contribution in [0, 0.1) is 0 Å². The van der Waals surface area contributed by atoms with Gasteiger partial charge in [0, 0.05) is 47.8 Å². The van der Waals surface area contributed by atoms with Crippen molar-refractivity contribution < 1.29 is 4.79 Å². The summed E-state index contributed by atoms with van der Waals surface area (Å²) < 4.78 is 0. The minimum atomic E-state index is -0.105. The molecule has 0 saturated heterocycles. The van der Waals surface area contributed by atoms with Crippen molar-refractivity contribution in [3.8, 4) is 0 Å². The van der Waals surface area contributed by atoms with Gasteiger partial charge in [-0.25, -0.2) is 0 Å². The van der Waals surface area contributed by atoms with Crippen molar-refractivity contribution in [2.45, 2.75) is 6.42 Å². The van der Waals surface area contributed by atoms with Crippen LogP contribution in [-0.2, 0) is 0 Å². The third-order valence-electron chi connectivity index (χ3n) is 3.58. The molecule has 0 spiro atoms. The van der Waals surface area contributed by atoms with Gasteiger partial charge in [0.2, 0.25) is 0 Å². The largest absolute Gasteiger partial charge is 0.384 e. The predicted molar refractivity (Wildman–Crippen MR) is 96.4 cm³/mol. The quantitative estimate of drug-likeness (QED) is 0.674. The number of carbonyl (C=O) groups is 1. The van der Waals surface area contributed by atoms with Gasteiger partial charge in [-0.3, -0.25) is 14.8 Å². The Bertz CT molecular complexity index is 839. The van der Waals surface area contributed by atoms with Gasteiger partial charge in [-0.2, -0.15) is 0 Å². The molecule has 0 fully saturated rings. The molecule has 5 nitrogen and oxygen atoms in total. The molecule has 2 heterocycles. The summed E-state index contributed by atoms with van der Waals surface area (Å²) in [5.41, 5.74) is 2.44. The number of benzene rings is 1. The van der Waals surface area contributed by atoms with Crippen LogP contribution in [-0.4, -0.2) is 29.0 Å². The Morgan fingerprint density at radius 2 is 2.04 bits per heavy atom. The summed E-state index contributed by atoms with van der Waals surface area (Å²) in [7, 11) is 0. The second-order valence-electron chi connectivity index (χ2n) is 5.30. The average Bonchev–Trinajstić information content (AvgIpc) is 2.61. The lowest BCUT2D eigenvalue weighted by Crippen LogP contribution is -2.25. The van der Waals surface area contributed by atoms with Gasteiger partial charge in [0.1, 0.15) is 0 Å². The average molecular weight is 341 g/mol. The number of carbonyl (C=O) groups excluding carboxylic acids is 1. The van der Waals surface area contributed by atoms with E-state index >= 15 is 0 Å². The summed E-state index contributed by atoms with van der Waals surface area (Å²) in [6.07, 6.45) is 5.77. The zero-order valence-electron chi connectivity index (χ0n) is 13.0. The summed E-state index contributed by atoms with van der Waals surface area (Å²) in [5, 5.41) is 7.96.